The van der Waals surface area contributed by atoms with Crippen LogP contribution in [0.4, 0.5) is 0 Å². The molecule has 27 heavy (non-hydrogen) atoms. The van der Waals surface area contributed by atoms with Crippen LogP contribution in [0.5, 0.6) is 0 Å². The minimum Gasteiger partial charge on any atom is -0.357 e. The molecule has 3 heteroatoms. The molecule has 1 atom stereocenters. The zero-order chi connectivity index (χ0) is 19.3. The number of H-pyrrole nitrogens is 1. The lowest BCUT2D eigenvalue weighted by atomic mass is 10.1. The third-order valence-electron chi connectivity index (χ3n) is 5.63. The summed E-state index contributed by atoms with van der Waals surface area (Å²) in [5.41, 5.74) is 7.73. The van der Waals surface area contributed by atoms with Crippen molar-refractivity contribution in [2.75, 3.05) is 6.54 Å². The van der Waals surface area contributed by atoms with Crippen molar-refractivity contribution in [1.82, 2.24) is 10.3 Å². The number of fused-ring (bicyclic) bond motifs is 1. The van der Waals surface area contributed by atoms with Crippen molar-refractivity contribution in [2.24, 2.45) is 11.7 Å². The molecule has 1 aliphatic carbocycles. The Kier molecular flexibility index (Phi) is 10.5. The van der Waals surface area contributed by atoms with E-state index >= 15 is 0 Å². The average molecular weight is 372 g/mol. The third kappa shape index (κ3) is 8.94. The smallest absolute Gasteiger partial charge is 0.0456 e. The molecule has 1 fully saturated rings. The van der Waals surface area contributed by atoms with Gasteiger partial charge in [0.15, 0.2) is 0 Å². The predicted octanol–water partition coefficient (Wildman–Crippen LogP) is 6.14. The first kappa shape index (κ1) is 22.0. The van der Waals surface area contributed by atoms with E-state index in [0.29, 0.717) is 6.54 Å². The van der Waals surface area contributed by atoms with Crippen LogP contribution in [0.2, 0.25) is 0 Å². The molecule has 1 saturated carbocycles. The maximum atomic E-state index is 5.48. The molecule has 0 amide bonds. The largest absolute Gasteiger partial charge is 0.357 e. The number of para-hydroxylation sites is 1. The summed E-state index contributed by atoms with van der Waals surface area (Å²) >= 11 is 0. The van der Waals surface area contributed by atoms with Gasteiger partial charge in [0.25, 0.3) is 0 Å². The number of aromatic nitrogens is 1. The number of nitrogens with two attached hydrogens (primary N) is 1. The Labute approximate surface area is 166 Å². The van der Waals surface area contributed by atoms with E-state index in [-0.39, 0.29) is 0 Å². The van der Waals surface area contributed by atoms with E-state index in [1.54, 1.807) is 0 Å². The minimum atomic E-state index is 0.578. The lowest BCUT2D eigenvalue weighted by Crippen LogP contribution is -2.28. The average Bonchev–Trinajstić information content (AvgIpc) is 3.46. The van der Waals surface area contributed by atoms with E-state index < -0.39 is 0 Å². The first-order valence-corrected chi connectivity index (χ1v) is 11.2. The molecule has 152 valence electrons. The number of nitrogens with one attached hydrogen (secondary N) is 2. The van der Waals surface area contributed by atoms with Crippen molar-refractivity contribution in [2.45, 2.75) is 90.6 Å². The van der Waals surface area contributed by atoms with E-state index in [9.17, 15) is 0 Å². The topological polar surface area (TPSA) is 53.8 Å². The Balaban J connectivity index is 0.000000206. The molecule has 0 saturated heterocycles. The molecule has 3 rings (SSSR count). The fourth-order valence-electron chi connectivity index (χ4n) is 3.59. The summed E-state index contributed by atoms with van der Waals surface area (Å²) < 4.78 is 0. The highest BCUT2D eigenvalue weighted by Crippen LogP contribution is 2.32. The molecule has 2 aromatic rings. The summed E-state index contributed by atoms with van der Waals surface area (Å²) in [6.45, 7) is 6.45. The second-order valence-electron chi connectivity index (χ2n) is 8.14. The SMILES string of the molecule is CCCCCCCCCCNC(C)C1CC1.NCc1cc2ccccc2[nH]1. The molecule has 0 radical (unpaired) electrons. The minimum absolute atomic E-state index is 0.578. The Bertz CT molecular complexity index is 582. The molecular weight excluding hydrogens is 330 g/mol. The number of unbranched alkanes of at least 4 members (excludes halogenated alkanes) is 7. The molecule has 1 aromatic carbocycles. The van der Waals surface area contributed by atoms with Crippen LogP contribution in [0.15, 0.2) is 30.3 Å². The normalized spacial score (nSPS) is 14.8. The summed E-state index contributed by atoms with van der Waals surface area (Å²) in [6, 6.07) is 11.0. The van der Waals surface area contributed by atoms with E-state index in [0.717, 1.165) is 23.2 Å². The van der Waals surface area contributed by atoms with Gasteiger partial charge in [-0.15, -0.1) is 0 Å². The van der Waals surface area contributed by atoms with Crippen molar-refractivity contribution >= 4 is 10.9 Å². The van der Waals surface area contributed by atoms with Gasteiger partial charge in [-0.25, -0.2) is 0 Å². The summed E-state index contributed by atoms with van der Waals surface area (Å²) in [6.07, 6.45) is 14.3. The van der Waals surface area contributed by atoms with Crippen LogP contribution in [0.1, 0.15) is 83.7 Å². The van der Waals surface area contributed by atoms with Crippen molar-refractivity contribution < 1.29 is 0 Å². The Hall–Kier alpha value is -1.32. The van der Waals surface area contributed by atoms with Crippen LogP contribution in [0.25, 0.3) is 10.9 Å². The molecule has 3 nitrogen and oxygen atoms in total. The third-order valence-corrected chi connectivity index (χ3v) is 5.63. The van der Waals surface area contributed by atoms with Crippen molar-refractivity contribution in [1.29, 1.82) is 0 Å². The van der Waals surface area contributed by atoms with E-state index in [1.165, 1.54) is 76.1 Å². The van der Waals surface area contributed by atoms with Gasteiger partial charge in [0.1, 0.15) is 0 Å². The van der Waals surface area contributed by atoms with Crippen LogP contribution in [0.3, 0.4) is 0 Å². The highest BCUT2D eigenvalue weighted by atomic mass is 14.9. The van der Waals surface area contributed by atoms with E-state index in [4.69, 9.17) is 5.73 Å². The number of rotatable bonds is 12. The van der Waals surface area contributed by atoms with Crippen molar-refractivity contribution in [3.8, 4) is 0 Å². The Morgan fingerprint density at radius 1 is 1.04 bits per heavy atom. The van der Waals surface area contributed by atoms with Gasteiger partial charge in [0.05, 0.1) is 0 Å². The van der Waals surface area contributed by atoms with Gasteiger partial charge in [-0.3, -0.25) is 0 Å². The predicted molar refractivity (Wildman–Crippen MR) is 119 cm³/mol. The summed E-state index contributed by atoms with van der Waals surface area (Å²) in [5, 5.41) is 4.89. The molecule has 1 unspecified atom stereocenters. The van der Waals surface area contributed by atoms with Crippen LogP contribution in [-0.2, 0) is 6.54 Å². The number of aromatic amines is 1. The van der Waals surface area contributed by atoms with Gasteiger partial charge in [-0.05, 0) is 56.2 Å². The van der Waals surface area contributed by atoms with E-state index in [2.05, 4.69) is 42.3 Å². The maximum absolute atomic E-state index is 5.48. The summed E-state index contributed by atoms with van der Waals surface area (Å²) in [5.74, 6) is 1.01. The van der Waals surface area contributed by atoms with Crippen molar-refractivity contribution in [3.05, 3.63) is 36.0 Å². The zero-order valence-corrected chi connectivity index (χ0v) is 17.6. The standard InChI is InChI=1S/C15H31N.C9H10N2/c1-3-4-5-6-7-8-9-10-13-16-14(2)15-11-12-15;10-6-8-5-7-3-1-2-4-9(7)11-8/h14-16H,3-13H2,1-2H3;1-5,11H,6,10H2. The van der Waals surface area contributed by atoms with Gasteiger partial charge in [-0.2, -0.15) is 0 Å². The second kappa shape index (κ2) is 13.0. The van der Waals surface area contributed by atoms with Crippen LogP contribution in [-0.4, -0.2) is 17.6 Å². The first-order chi connectivity index (χ1) is 13.2. The maximum Gasteiger partial charge on any atom is 0.0456 e. The van der Waals surface area contributed by atoms with Crippen LogP contribution >= 0.6 is 0 Å². The van der Waals surface area contributed by atoms with Gasteiger partial charge in [-0.1, -0.05) is 70.1 Å². The lowest BCUT2D eigenvalue weighted by molar-refractivity contribution is 0.476. The van der Waals surface area contributed by atoms with Gasteiger partial charge < -0.3 is 16.0 Å². The molecule has 4 N–H and O–H groups in total. The molecule has 1 aromatic heterocycles. The quantitative estimate of drug-likeness (QED) is 0.392. The summed E-state index contributed by atoms with van der Waals surface area (Å²) in [4.78, 5) is 3.22. The highest BCUT2D eigenvalue weighted by molar-refractivity contribution is 5.80. The molecule has 0 spiro atoms. The monoisotopic (exact) mass is 371 g/mol. The first-order valence-electron chi connectivity index (χ1n) is 11.2. The number of hydrogen-bond acceptors (Lipinski definition) is 2. The molecule has 1 heterocycles. The Morgan fingerprint density at radius 3 is 2.33 bits per heavy atom. The van der Waals surface area contributed by atoms with Gasteiger partial charge >= 0.3 is 0 Å². The van der Waals surface area contributed by atoms with Crippen LogP contribution in [0, 0.1) is 5.92 Å². The fraction of sp³-hybridized carbons (Fsp3) is 0.667. The van der Waals surface area contributed by atoms with Gasteiger partial charge in [0, 0.05) is 23.8 Å². The van der Waals surface area contributed by atoms with E-state index in [1.807, 2.05) is 12.1 Å². The zero-order valence-electron chi connectivity index (χ0n) is 17.6. The molecule has 1 aliphatic rings. The summed E-state index contributed by atoms with van der Waals surface area (Å²) in [7, 11) is 0. The second-order valence-corrected chi connectivity index (χ2v) is 8.14. The molecule has 0 bridgehead atoms. The molecule has 0 aliphatic heterocycles. The van der Waals surface area contributed by atoms with Crippen LogP contribution < -0.4 is 11.1 Å². The van der Waals surface area contributed by atoms with Gasteiger partial charge in [0.2, 0.25) is 0 Å². The highest BCUT2D eigenvalue weighted by Gasteiger charge is 2.26. The Morgan fingerprint density at radius 2 is 1.70 bits per heavy atom. The lowest BCUT2D eigenvalue weighted by Gasteiger charge is -2.12. The molecular formula is C24H41N3. The van der Waals surface area contributed by atoms with Crippen molar-refractivity contribution in [3.63, 3.8) is 0 Å². The number of hydrogen-bond donors (Lipinski definition) is 3. The number of benzene rings is 1. The fourth-order valence-corrected chi connectivity index (χ4v) is 3.59.